The molecule has 1 saturated heterocycles. The van der Waals surface area contributed by atoms with Gasteiger partial charge in [-0.05, 0) is 23.8 Å². The smallest absolute Gasteiger partial charge is 0.209 e. The van der Waals surface area contributed by atoms with Crippen LogP contribution in [0.5, 0.6) is 5.75 Å². The van der Waals surface area contributed by atoms with Gasteiger partial charge in [0.1, 0.15) is 5.75 Å². The van der Waals surface area contributed by atoms with Crippen molar-refractivity contribution in [2.24, 2.45) is 4.99 Å². The molecule has 0 N–H and O–H groups in total. The highest BCUT2D eigenvalue weighted by atomic mass is 16.7. The Kier molecular flexibility index (Phi) is 3.21. The molecule has 0 aromatic heterocycles. The topological polar surface area (TPSA) is 40.0 Å². The molecule has 0 amide bonds. The van der Waals surface area contributed by atoms with Gasteiger partial charge in [-0.3, -0.25) is 4.99 Å². The van der Waals surface area contributed by atoms with Crippen molar-refractivity contribution in [2.75, 3.05) is 20.3 Å². The Morgan fingerprint density at radius 1 is 1.05 bits per heavy atom. The Balaban J connectivity index is 1.82. The minimum absolute atomic E-state index is 0.0733. The van der Waals surface area contributed by atoms with Gasteiger partial charge in [-0.2, -0.15) is 0 Å². The molecule has 0 aliphatic carbocycles. The van der Waals surface area contributed by atoms with E-state index in [9.17, 15) is 0 Å². The van der Waals surface area contributed by atoms with Crippen molar-refractivity contribution in [1.82, 2.24) is 0 Å². The number of nitrogens with zero attached hydrogens (tertiary/aromatic N) is 1. The van der Waals surface area contributed by atoms with Crippen molar-refractivity contribution in [2.45, 2.75) is 11.7 Å². The number of aliphatic imine (C=N–C) groups is 1. The third kappa shape index (κ3) is 1.95. The Labute approximate surface area is 129 Å². The first kappa shape index (κ1) is 13.5. The van der Waals surface area contributed by atoms with E-state index in [2.05, 4.69) is 4.99 Å². The van der Waals surface area contributed by atoms with Gasteiger partial charge >= 0.3 is 0 Å². The standard InChI is InChI=1S/C18H17NO3/c1-20-14-8-6-13(7-9-14)16-12-19-17-5-3-2-4-15(17)18(16)21-10-11-22-18/h2-9,12,16H,10-11H2,1H3. The van der Waals surface area contributed by atoms with E-state index in [0.29, 0.717) is 13.2 Å². The van der Waals surface area contributed by atoms with Crippen molar-refractivity contribution in [3.05, 3.63) is 59.7 Å². The van der Waals surface area contributed by atoms with Crippen molar-refractivity contribution in [3.63, 3.8) is 0 Å². The van der Waals surface area contributed by atoms with Gasteiger partial charge in [0, 0.05) is 11.8 Å². The Hall–Kier alpha value is -2.17. The van der Waals surface area contributed by atoms with Crippen molar-refractivity contribution in [3.8, 4) is 5.75 Å². The summed E-state index contributed by atoms with van der Waals surface area (Å²) in [6.07, 6.45) is 1.93. The fraction of sp³-hybridized carbons (Fsp3) is 0.278. The van der Waals surface area contributed by atoms with Gasteiger partial charge in [-0.1, -0.05) is 30.3 Å². The van der Waals surface area contributed by atoms with E-state index in [1.165, 1.54) is 0 Å². The lowest BCUT2D eigenvalue weighted by Gasteiger charge is -2.37. The molecule has 2 aromatic rings. The Morgan fingerprint density at radius 2 is 1.77 bits per heavy atom. The number of fused-ring (bicyclic) bond motifs is 2. The van der Waals surface area contributed by atoms with Crippen LogP contribution in [0.2, 0.25) is 0 Å². The van der Waals surface area contributed by atoms with E-state index in [-0.39, 0.29) is 5.92 Å². The summed E-state index contributed by atoms with van der Waals surface area (Å²) in [5.41, 5.74) is 3.01. The summed E-state index contributed by atoms with van der Waals surface area (Å²) >= 11 is 0. The molecule has 4 heteroatoms. The summed E-state index contributed by atoms with van der Waals surface area (Å²) in [6, 6.07) is 16.0. The lowest BCUT2D eigenvalue weighted by Crippen LogP contribution is -2.37. The van der Waals surface area contributed by atoms with Crippen LogP contribution in [0.15, 0.2) is 53.5 Å². The average molecular weight is 295 g/mol. The minimum atomic E-state index is -0.771. The molecule has 2 aromatic carbocycles. The van der Waals surface area contributed by atoms with Crippen molar-refractivity contribution in [1.29, 1.82) is 0 Å². The van der Waals surface area contributed by atoms with Gasteiger partial charge in [0.2, 0.25) is 5.79 Å². The van der Waals surface area contributed by atoms with Crippen LogP contribution in [0.3, 0.4) is 0 Å². The van der Waals surface area contributed by atoms with E-state index < -0.39 is 5.79 Å². The molecule has 1 spiro atoms. The third-order valence-electron chi connectivity index (χ3n) is 4.24. The highest BCUT2D eigenvalue weighted by molar-refractivity contribution is 5.78. The van der Waals surface area contributed by atoms with Gasteiger partial charge in [-0.25, -0.2) is 0 Å². The fourth-order valence-corrected chi connectivity index (χ4v) is 3.18. The number of ether oxygens (including phenoxy) is 3. The predicted octanol–water partition coefficient (Wildman–Crippen LogP) is 3.39. The number of hydrogen-bond donors (Lipinski definition) is 0. The quantitative estimate of drug-likeness (QED) is 0.852. The summed E-state index contributed by atoms with van der Waals surface area (Å²) in [7, 11) is 1.66. The van der Waals surface area contributed by atoms with E-state index in [4.69, 9.17) is 14.2 Å². The summed E-state index contributed by atoms with van der Waals surface area (Å²) in [5, 5.41) is 0. The van der Waals surface area contributed by atoms with Crippen LogP contribution in [-0.4, -0.2) is 26.5 Å². The van der Waals surface area contributed by atoms with E-state index in [1.54, 1.807) is 7.11 Å². The fourth-order valence-electron chi connectivity index (χ4n) is 3.18. The Bertz CT molecular complexity index is 703. The van der Waals surface area contributed by atoms with Gasteiger partial charge in [0.25, 0.3) is 0 Å². The van der Waals surface area contributed by atoms with Crippen LogP contribution >= 0.6 is 0 Å². The van der Waals surface area contributed by atoms with E-state index >= 15 is 0 Å². The largest absolute Gasteiger partial charge is 0.497 e. The molecule has 2 aliphatic rings. The second kappa shape index (κ2) is 5.23. The molecule has 0 saturated carbocycles. The van der Waals surface area contributed by atoms with Gasteiger partial charge in [-0.15, -0.1) is 0 Å². The zero-order valence-corrected chi connectivity index (χ0v) is 12.4. The van der Waals surface area contributed by atoms with Crippen LogP contribution in [0.4, 0.5) is 5.69 Å². The first-order chi connectivity index (χ1) is 10.8. The molecule has 22 heavy (non-hydrogen) atoms. The summed E-state index contributed by atoms with van der Waals surface area (Å²) in [4.78, 5) is 4.60. The van der Waals surface area contributed by atoms with Crippen molar-refractivity contribution >= 4 is 11.9 Å². The Morgan fingerprint density at radius 3 is 2.50 bits per heavy atom. The van der Waals surface area contributed by atoms with Gasteiger partial charge < -0.3 is 14.2 Å². The summed E-state index contributed by atoms with van der Waals surface area (Å²) in [5.74, 6) is -0.0116. The molecular weight excluding hydrogens is 278 g/mol. The molecule has 1 atom stereocenters. The minimum Gasteiger partial charge on any atom is -0.497 e. The monoisotopic (exact) mass is 295 g/mol. The first-order valence-electron chi connectivity index (χ1n) is 7.39. The maximum Gasteiger partial charge on any atom is 0.209 e. The number of para-hydroxylation sites is 1. The molecule has 112 valence electrons. The molecule has 1 unspecified atom stereocenters. The van der Waals surface area contributed by atoms with Gasteiger partial charge in [0.05, 0.1) is 31.9 Å². The second-order valence-electron chi connectivity index (χ2n) is 5.41. The SMILES string of the molecule is COc1ccc(C2C=Nc3ccccc3C23OCCO3)cc1. The molecular formula is C18H17NO3. The third-order valence-corrected chi connectivity index (χ3v) is 4.24. The molecule has 4 nitrogen and oxygen atoms in total. The van der Waals surface area contributed by atoms with Crippen LogP contribution in [-0.2, 0) is 15.3 Å². The van der Waals surface area contributed by atoms with Crippen LogP contribution < -0.4 is 4.74 Å². The summed E-state index contributed by atoms with van der Waals surface area (Å²) in [6.45, 7) is 1.18. The zero-order valence-electron chi connectivity index (χ0n) is 12.4. The molecule has 0 radical (unpaired) electrons. The number of methoxy groups -OCH3 is 1. The highest BCUT2D eigenvalue weighted by Crippen LogP contribution is 2.49. The van der Waals surface area contributed by atoms with E-state index in [1.807, 2.05) is 54.7 Å². The molecule has 0 bridgehead atoms. The van der Waals surface area contributed by atoms with Crippen LogP contribution in [0.25, 0.3) is 0 Å². The zero-order chi connectivity index (χ0) is 15.0. The van der Waals surface area contributed by atoms with Crippen molar-refractivity contribution < 1.29 is 14.2 Å². The lowest BCUT2D eigenvalue weighted by molar-refractivity contribution is -0.171. The molecule has 4 rings (SSSR count). The van der Waals surface area contributed by atoms with E-state index in [0.717, 1.165) is 22.6 Å². The number of rotatable bonds is 2. The average Bonchev–Trinajstić information content (AvgIpc) is 3.06. The maximum atomic E-state index is 6.09. The molecule has 2 aliphatic heterocycles. The van der Waals surface area contributed by atoms with Gasteiger partial charge in [0.15, 0.2) is 0 Å². The lowest BCUT2D eigenvalue weighted by atomic mass is 9.84. The number of hydrogen-bond acceptors (Lipinski definition) is 4. The van der Waals surface area contributed by atoms with Crippen LogP contribution in [0.1, 0.15) is 17.0 Å². The number of benzene rings is 2. The normalized spacial score (nSPS) is 21.8. The predicted molar refractivity (Wildman–Crippen MR) is 83.9 cm³/mol. The second-order valence-corrected chi connectivity index (χ2v) is 5.41. The first-order valence-corrected chi connectivity index (χ1v) is 7.39. The van der Waals surface area contributed by atoms with Crippen LogP contribution in [0, 0.1) is 0 Å². The highest BCUT2D eigenvalue weighted by Gasteiger charge is 2.49. The summed E-state index contributed by atoms with van der Waals surface area (Å²) < 4.78 is 17.4. The maximum absolute atomic E-state index is 6.09. The molecule has 1 fully saturated rings. The molecule has 2 heterocycles.